The van der Waals surface area contributed by atoms with E-state index in [2.05, 4.69) is 4.74 Å². The van der Waals surface area contributed by atoms with E-state index in [0.717, 1.165) is 13.2 Å². The van der Waals surface area contributed by atoms with E-state index < -0.39 is 17.5 Å². The van der Waals surface area contributed by atoms with Gasteiger partial charge in [-0.3, -0.25) is 4.79 Å². The minimum absolute atomic E-state index is 0.226. The second kappa shape index (κ2) is 7.84. The van der Waals surface area contributed by atoms with E-state index in [0.29, 0.717) is 18.3 Å². The van der Waals surface area contributed by atoms with Gasteiger partial charge in [0.15, 0.2) is 0 Å². The number of nitrogens with zero attached hydrogens (tertiary/aromatic N) is 1. The Morgan fingerprint density at radius 2 is 2.09 bits per heavy atom. The minimum Gasteiger partial charge on any atom is -0.507 e. The van der Waals surface area contributed by atoms with Crippen LogP contribution in [0.1, 0.15) is 25.0 Å². The number of aliphatic hydroxyl groups excluding tert-OH is 1. The average molecular weight is 303 g/mol. The van der Waals surface area contributed by atoms with Gasteiger partial charge in [0.1, 0.15) is 17.6 Å². The molecule has 0 heterocycles. The molecule has 1 N–H and O–H groups in total. The van der Waals surface area contributed by atoms with Crippen LogP contribution in [0.15, 0.2) is 24.3 Å². The summed E-state index contributed by atoms with van der Waals surface area (Å²) < 4.78 is 9.75. The highest BCUT2D eigenvalue weighted by Crippen LogP contribution is 2.23. The van der Waals surface area contributed by atoms with E-state index in [1.165, 1.54) is 18.2 Å². The van der Waals surface area contributed by atoms with Crippen molar-refractivity contribution in [3.8, 4) is 11.8 Å². The van der Waals surface area contributed by atoms with Crippen LogP contribution in [0.4, 0.5) is 0 Å². The smallest absolute Gasteiger partial charge is 0.378 e. The number of hydrogen-bond acceptors (Lipinski definition) is 6. The van der Waals surface area contributed by atoms with Crippen molar-refractivity contribution in [3.63, 3.8) is 0 Å². The molecule has 1 rings (SSSR count). The summed E-state index contributed by atoms with van der Waals surface area (Å²) in [6.07, 6.45) is 0.747. The normalized spacial score (nSPS) is 11.0. The number of rotatable bonds is 6. The van der Waals surface area contributed by atoms with Gasteiger partial charge in [-0.1, -0.05) is 13.8 Å². The standard InChI is InChI=1S/C16H17NO5/c1-10(2)9-22-15-5-4-11(6-12(15)8-17)13(18)7-14(19)16(20)21-3/h4-7,10,18H,9H2,1-3H3. The van der Waals surface area contributed by atoms with Crippen molar-refractivity contribution in [2.24, 2.45) is 5.92 Å². The van der Waals surface area contributed by atoms with Gasteiger partial charge in [-0.25, -0.2) is 4.79 Å². The zero-order chi connectivity index (χ0) is 16.7. The maximum Gasteiger partial charge on any atom is 0.378 e. The molecule has 6 heteroatoms. The number of methoxy groups -OCH3 is 1. The number of ether oxygens (including phenoxy) is 2. The molecule has 1 aromatic rings. The average Bonchev–Trinajstić information content (AvgIpc) is 2.51. The van der Waals surface area contributed by atoms with Gasteiger partial charge in [0.05, 0.1) is 19.3 Å². The quantitative estimate of drug-likeness (QED) is 0.374. The number of carbonyl (C=O) groups is 2. The summed E-state index contributed by atoms with van der Waals surface area (Å²) >= 11 is 0. The van der Waals surface area contributed by atoms with Gasteiger partial charge in [0, 0.05) is 11.6 Å². The molecule has 0 amide bonds. The number of hydrogen-bond donors (Lipinski definition) is 1. The van der Waals surface area contributed by atoms with Crippen LogP contribution in [0.3, 0.4) is 0 Å². The van der Waals surface area contributed by atoms with Crippen LogP contribution < -0.4 is 4.74 Å². The molecule has 1 aromatic carbocycles. The van der Waals surface area contributed by atoms with Crippen molar-refractivity contribution < 1.29 is 24.2 Å². The van der Waals surface area contributed by atoms with Gasteiger partial charge in [-0.05, 0) is 24.1 Å². The van der Waals surface area contributed by atoms with Gasteiger partial charge in [0.25, 0.3) is 5.78 Å². The Kier molecular flexibility index (Phi) is 6.14. The first-order valence-electron chi connectivity index (χ1n) is 6.59. The van der Waals surface area contributed by atoms with E-state index in [-0.39, 0.29) is 11.1 Å². The number of benzene rings is 1. The van der Waals surface area contributed by atoms with Crippen LogP contribution in [0.25, 0.3) is 5.76 Å². The largest absolute Gasteiger partial charge is 0.507 e. The second-order valence-electron chi connectivity index (χ2n) is 4.91. The molecule has 0 saturated heterocycles. The van der Waals surface area contributed by atoms with Gasteiger partial charge in [-0.2, -0.15) is 5.26 Å². The zero-order valence-corrected chi connectivity index (χ0v) is 12.6. The molecule has 6 nitrogen and oxygen atoms in total. The molecule has 22 heavy (non-hydrogen) atoms. The molecule has 0 saturated carbocycles. The Hall–Kier alpha value is -2.81. The number of esters is 1. The number of aliphatic hydroxyl groups is 1. The van der Waals surface area contributed by atoms with Crippen molar-refractivity contribution in [1.29, 1.82) is 5.26 Å². The molecule has 0 radical (unpaired) electrons. The first-order valence-corrected chi connectivity index (χ1v) is 6.59. The molecule has 0 aliphatic rings. The lowest BCUT2D eigenvalue weighted by atomic mass is 10.1. The third-order valence-corrected chi connectivity index (χ3v) is 2.62. The molecule has 0 aliphatic carbocycles. The Morgan fingerprint density at radius 3 is 2.64 bits per heavy atom. The molecular formula is C16H17NO5. The van der Waals surface area contributed by atoms with Crippen LogP contribution in [0.5, 0.6) is 5.75 Å². The summed E-state index contributed by atoms with van der Waals surface area (Å²) in [5.74, 6) is -1.80. The topological polar surface area (TPSA) is 96.6 Å². The lowest BCUT2D eigenvalue weighted by Crippen LogP contribution is -2.13. The van der Waals surface area contributed by atoms with Crippen molar-refractivity contribution >= 4 is 17.5 Å². The van der Waals surface area contributed by atoms with E-state index in [4.69, 9.17) is 10.00 Å². The van der Waals surface area contributed by atoms with Crippen molar-refractivity contribution in [3.05, 3.63) is 35.4 Å². The van der Waals surface area contributed by atoms with Crippen LogP contribution in [-0.2, 0) is 14.3 Å². The Morgan fingerprint density at radius 1 is 1.41 bits per heavy atom. The van der Waals surface area contributed by atoms with Crippen molar-refractivity contribution in [1.82, 2.24) is 0 Å². The van der Waals surface area contributed by atoms with Crippen LogP contribution in [0, 0.1) is 17.2 Å². The predicted octanol–water partition coefficient (Wildman–Crippen LogP) is 2.23. The molecule has 0 atom stereocenters. The van der Waals surface area contributed by atoms with Crippen molar-refractivity contribution in [2.75, 3.05) is 13.7 Å². The molecule has 0 aliphatic heterocycles. The number of ketones is 1. The lowest BCUT2D eigenvalue weighted by molar-refractivity contribution is -0.149. The monoisotopic (exact) mass is 303 g/mol. The summed E-state index contributed by atoms with van der Waals surface area (Å²) in [7, 11) is 1.07. The highest BCUT2D eigenvalue weighted by molar-refractivity contribution is 6.39. The summed E-state index contributed by atoms with van der Waals surface area (Å²) in [6, 6.07) is 6.37. The minimum atomic E-state index is -1.08. The fourth-order valence-electron chi connectivity index (χ4n) is 1.53. The lowest BCUT2D eigenvalue weighted by Gasteiger charge is -2.11. The van der Waals surface area contributed by atoms with Crippen molar-refractivity contribution in [2.45, 2.75) is 13.8 Å². The van der Waals surface area contributed by atoms with Crippen LogP contribution in [0.2, 0.25) is 0 Å². The highest BCUT2D eigenvalue weighted by Gasteiger charge is 2.14. The Balaban J connectivity index is 3.03. The van der Waals surface area contributed by atoms with E-state index in [9.17, 15) is 14.7 Å². The first-order chi connectivity index (χ1) is 10.4. The predicted molar refractivity (Wildman–Crippen MR) is 79.1 cm³/mol. The summed E-state index contributed by atoms with van der Waals surface area (Å²) in [6.45, 7) is 4.41. The SMILES string of the molecule is COC(=O)C(=O)C=C(O)c1ccc(OCC(C)C)c(C#N)c1. The molecule has 0 aromatic heterocycles. The Bertz CT molecular complexity index is 640. The summed E-state index contributed by atoms with van der Waals surface area (Å²) in [4.78, 5) is 22.4. The van der Waals surface area contributed by atoms with Gasteiger partial charge >= 0.3 is 5.97 Å². The van der Waals surface area contributed by atoms with E-state index >= 15 is 0 Å². The molecule has 0 bridgehead atoms. The summed E-state index contributed by atoms with van der Waals surface area (Å²) in [5.41, 5.74) is 0.453. The van der Waals surface area contributed by atoms with E-state index in [1.54, 1.807) is 0 Å². The molecule has 0 spiro atoms. The Labute approximate surface area is 128 Å². The first kappa shape index (κ1) is 17.2. The zero-order valence-electron chi connectivity index (χ0n) is 12.6. The number of carbonyl (C=O) groups excluding carboxylic acids is 2. The molecular weight excluding hydrogens is 286 g/mol. The van der Waals surface area contributed by atoms with Crippen LogP contribution in [-0.4, -0.2) is 30.6 Å². The highest BCUT2D eigenvalue weighted by atomic mass is 16.5. The third kappa shape index (κ3) is 4.63. The van der Waals surface area contributed by atoms with Gasteiger partial charge in [-0.15, -0.1) is 0 Å². The fraction of sp³-hybridized carbons (Fsp3) is 0.312. The molecule has 0 fully saturated rings. The second-order valence-corrected chi connectivity index (χ2v) is 4.91. The molecule has 116 valence electrons. The van der Waals surface area contributed by atoms with E-state index in [1.807, 2.05) is 19.9 Å². The van der Waals surface area contributed by atoms with Gasteiger partial charge < -0.3 is 14.6 Å². The fourth-order valence-corrected chi connectivity index (χ4v) is 1.53. The maximum atomic E-state index is 11.4. The maximum absolute atomic E-state index is 11.4. The number of nitriles is 1. The van der Waals surface area contributed by atoms with Crippen LogP contribution >= 0.6 is 0 Å². The molecule has 0 unspecified atom stereocenters. The third-order valence-electron chi connectivity index (χ3n) is 2.62. The van der Waals surface area contributed by atoms with Gasteiger partial charge in [0.2, 0.25) is 0 Å². The summed E-state index contributed by atoms with van der Waals surface area (Å²) in [5, 5.41) is 19.0.